The molecule has 3 N–H and O–H groups in total. The predicted molar refractivity (Wildman–Crippen MR) is 111 cm³/mol. The fraction of sp³-hybridized carbons (Fsp3) is 0.500. The van der Waals surface area contributed by atoms with E-state index in [9.17, 15) is 9.59 Å². The molecule has 2 amide bonds. The SMILES string of the molecule is Cc1cccc(OCC(=O)NC2CCC(C(=O)NCCc3ccn[nH]3)CC2)c1C. The summed E-state index contributed by atoms with van der Waals surface area (Å²) in [7, 11) is 0. The molecule has 1 aromatic heterocycles. The Morgan fingerprint density at radius 3 is 2.69 bits per heavy atom. The number of nitrogens with zero attached hydrogens (tertiary/aromatic N) is 1. The Morgan fingerprint density at radius 2 is 1.97 bits per heavy atom. The van der Waals surface area contributed by atoms with E-state index in [0.717, 1.165) is 54.7 Å². The van der Waals surface area contributed by atoms with E-state index in [2.05, 4.69) is 20.8 Å². The number of nitrogens with one attached hydrogen (secondary N) is 3. The molecule has 1 fully saturated rings. The molecule has 1 saturated carbocycles. The van der Waals surface area contributed by atoms with Crippen molar-refractivity contribution in [1.82, 2.24) is 20.8 Å². The van der Waals surface area contributed by atoms with E-state index in [0.29, 0.717) is 6.54 Å². The van der Waals surface area contributed by atoms with Crippen molar-refractivity contribution in [2.24, 2.45) is 5.92 Å². The van der Waals surface area contributed by atoms with Crippen LogP contribution in [0.5, 0.6) is 5.75 Å². The Labute approximate surface area is 171 Å². The van der Waals surface area contributed by atoms with Crippen molar-refractivity contribution in [2.75, 3.05) is 13.2 Å². The zero-order chi connectivity index (χ0) is 20.6. The lowest BCUT2D eigenvalue weighted by molar-refractivity contribution is -0.126. The van der Waals surface area contributed by atoms with Crippen LogP contribution in [0.1, 0.15) is 42.5 Å². The largest absolute Gasteiger partial charge is 0.483 e. The second kappa shape index (κ2) is 10.1. The van der Waals surface area contributed by atoms with Crippen LogP contribution < -0.4 is 15.4 Å². The number of carbonyl (C=O) groups excluding carboxylic acids is 2. The van der Waals surface area contributed by atoms with Gasteiger partial charge in [0.25, 0.3) is 5.91 Å². The molecule has 2 aromatic rings. The van der Waals surface area contributed by atoms with Gasteiger partial charge in [-0.15, -0.1) is 0 Å². The zero-order valence-corrected chi connectivity index (χ0v) is 17.2. The number of aryl methyl sites for hydroxylation is 1. The highest BCUT2D eigenvalue weighted by atomic mass is 16.5. The molecular weight excluding hydrogens is 368 g/mol. The van der Waals surface area contributed by atoms with Crippen molar-refractivity contribution in [1.29, 1.82) is 0 Å². The molecule has 7 nitrogen and oxygen atoms in total. The third-order valence-electron chi connectivity index (χ3n) is 5.63. The average Bonchev–Trinajstić information content (AvgIpc) is 3.23. The lowest BCUT2D eigenvalue weighted by Crippen LogP contribution is -2.42. The third-order valence-corrected chi connectivity index (χ3v) is 5.63. The molecule has 0 atom stereocenters. The van der Waals surface area contributed by atoms with Gasteiger partial charge in [-0.25, -0.2) is 0 Å². The summed E-state index contributed by atoms with van der Waals surface area (Å²) in [5, 5.41) is 12.8. The number of hydrogen-bond acceptors (Lipinski definition) is 4. The first-order valence-electron chi connectivity index (χ1n) is 10.3. The van der Waals surface area contributed by atoms with Crippen LogP contribution in [-0.4, -0.2) is 41.2 Å². The van der Waals surface area contributed by atoms with Crippen molar-refractivity contribution < 1.29 is 14.3 Å². The van der Waals surface area contributed by atoms with E-state index in [4.69, 9.17) is 4.74 Å². The zero-order valence-electron chi connectivity index (χ0n) is 17.2. The Hall–Kier alpha value is -2.83. The van der Waals surface area contributed by atoms with E-state index in [1.165, 1.54) is 0 Å². The molecule has 0 saturated heterocycles. The monoisotopic (exact) mass is 398 g/mol. The molecule has 0 radical (unpaired) electrons. The fourth-order valence-corrected chi connectivity index (χ4v) is 3.68. The first-order valence-corrected chi connectivity index (χ1v) is 10.3. The van der Waals surface area contributed by atoms with Gasteiger partial charge in [0, 0.05) is 36.8 Å². The average molecular weight is 399 g/mol. The van der Waals surface area contributed by atoms with Crippen LogP contribution in [0.4, 0.5) is 0 Å². The minimum atomic E-state index is -0.113. The summed E-state index contributed by atoms with van der Waals surface area (Å²) in [5.74, 6) is 0.762. The number of aromatic nitrogens is 2. The standard InChI is InChI=1S/C22H30N4O3/c1-15-4-3-5-20(16(15)2)29-14-21(27)25-18-8-6-17(7-9-18)22(28)23-12-10-19-11-13-24-26-19/h3-5,11,13,17-18H,6-10,12,14H2,1-2H3,(H,23,28)(H,24,26)(H,25,27). The maximum Gasteiger partial charge on any atom is 0.258 e. The predicted octanol–water partition coefficient (Wildman–Crippen LogP) is 2.44. The number of amides is 2. The number of H-pyrrole nitrogens is 1. The molecule has 1 heterocycles. The molecule has 0 unspecified atom stereocenters. The number of benzene rings is 1. The summed E-state index contributed by atoms with van der Waals surface area (Å²) in [6.07, 6.45) is 5.66. The smallest absolute Gasteiger partial charge is 0.258 e. The van der Waals surface area contributed by atoms with Gasteiger partial charge in [0.1, 0.15) is 5.75 Å². The van der Waals surface area contributed by atoms with E-state index in [1.807, 2.05) is 38.1 Å². The normalized spacial score (nSPS) is 18.8. The Balaban J connectivity index is 1.34. The number of ether oxygens (including phenoxy) is 1. The molecule has 156 valence electrons. The van der Waals surface area contributed by atoms with Gasteiger partial charge in [0.05, 0.1) is 0 Å². The van der Waals surface area contributed by atoms with Gasteiger partial charge in [-0.05, 0) is 62.8 Å². The molecule has 1 aliphatic rings. The lowest BCUT2D eigenvalue weighted by Gasteiger charge is -2.28. The van der Waals surface area contributed by atoms with Gasteiger partial charge in [0.15, 0.2) is 6.61 Å². The quantitative estimate of drug-likeness (QED) is 0.636. The summed E-state index contributed by atoms with van der Waals surface area (Å²) >= 11 is 0. The van der Waals surface area contributed by atoms with E-state index in [1.54, 1.807) is 6.20 Å². The number of aromatic amines is 1. The number of hydrogen-bond donors (Lipinski definition) is 3. The van der Waals surface area contributed by atoms with Crippen LogP contribution in [0, 0.1) is 19.8 Å². The van der Waals surface area contributed by atoms with Crippen molar-refractivity contribution in [3.8, 4) is 5.75 Å². The molecule has 1 aromatic carbocycles. The third kappa shape index (κ3) is 6.07. The van der Waals surface area contributed by atoms with Crippen LogP contribution in [0.2, 0.25) is 0 Å². The summed E-state index contributed by atoms with van der Waals surface area (Å²) < 4.78 is 5.67. The van der Waals surface area contributed by atoms with Gasteiger partial charge in [-0.1, -0.05) is 12.1 Å². The molecular formula is C22H30N4O3. The van der Waals surface area contributed by atoms with Gasteiger partial charge < -0.3 is 15.4 Å². The molecule has 0 aliphatic heterocycles. The number of carbonyl (C=O) groups is 2. The highest BCUT2D eigenvalue weighted by Gasteiger charge is 2.27. The van der Waals surface area contributed by atoms with Crippen LogP contribution >= 0.6 is 0 Å². The van der Waals surface area contributed by atoms with E-state index in [-0.39, 0.29) is 30.4 Å². The second-order valence-electron chi connectivity index (χ2n) is 7.73. The van der Waals surface area contributed by atoms with Gasteiger partial charge in [-0.3, -0.25) is 14.7 Å². The summed E-state index contributed by atoms with van der Waals surface area (Å²) in [6.45, 7) is 4.63. The summed E-state index contributed by atoms with van der Waals surface area (Å²) in [4.78, 5) is 24.6. The Morgan fingerprint density at radius 1 is 1.17 bits per heavy atom. The lowest BCUT2D eigenvalue weighted by atomic mass is 9.85. The van der Waals surface area contributed by atoms with Crippen molar-refractivity contribution in [3.05, 3.63) is 47.3 Å². The molecule has 0 spiro atoms. The summed E-state index contributed by atoms with van der Waals surface area (Å²) in [6, 6.07) is 7.85. The first-order chi connectivity index (χ1) is 14.0. The maximum absolute atomic E-state index is 12.3. The fourth-order valence-electron chi connectivity index (χ4n) is 3.68. The maximum atomic E-state index is 12.3. The van der Waals surface area contributed by atoms with Crippen molar-refractivity contribution in [3.63, 3.8) is 0 Å². The van der Waals surface area contributed by atoms with Crippen molar-refractivity contribution >= 4 is 11.8 Å². The van der Waals surface area contributed by atoms with Crippen LogP contribution in [0.15, 0.2) is 30.5 Å². The van der Waals surface area contributed by atoms with Crippen LogP contribution in [0.25, 0.3) is 0 Å². The minimum Gasteiger partial charge on any atom is -0.483 e. The summed E-state index contributed by atoms with van der Waals surface area (Å²) in [5.41, 5.74) is 3.21. The van der Waals surface area contributed by atoms with Gasteiger partial charge >= 0.3 is 0 Å². The number of rotatable bonds is 8. The molecule has 1 aliphatic carbocycles. The highest BCUT2D eigenvalue weighted by molar-refractivity contribution is 5.79. The van der Waals surface area contributed by atoms with Crippen LogP contribution in [-0.2, 0) is 16.0 Å². The molecule has 7 heteroatoms. The Bertz CT molecular complexity index is 811. The van der Waals surface area contributed by atoms with Crippen LogP contribution in [0.3, 0.4) is 0 Å². The van der Waals surface area contributed by atoms with E-state index < -0.39 is 0 Å². The minimum absolute atomic E-state index is 0.0122. The Kier molecular flexibility index (Phi) is 7.27. The molecule has 0 bridgehead atoms. The molecule has 29 heavy (non-hydrogen) atoms. The first kappa shape index (κ1) is 20.9. The second-order valence-corrected chi connectivity index (χ2v) is 7.73. The van der Waals surface area contributed by atoms with E-state index >= 15 is 0 Å². The van der Waals surface area contributed by atoms with Gasteiger partial charge in [-0.2, -0.15) is 5.10 Å². The van der Waals surface area contributed by atoms with Crippen molar-refractivity contribution in [2.45, 2.75) is 52.0 Å². The molecule has 3 rings (SSSR count). The topological polar surface area (TPSA) is 96.1 Å². The van der Waals surface area contributed by atoms with Gasteiger partial charge in [0.2, 0.25) is 5.91 Å². The highest BCUT2D eigenvalue weighted by Crippen LogP contribution is 2.25.